The Bertz CT molecular complexity index is 1500. The first-order chi connectivity index (χ1) is 17.5. The van der Waals surface area contributed by atoms with E-state index in [1.54, 1.807) is 30.6 Å². The summed E-state index contributed by atoms with van der Waals surface area (Å²) in [6.45, 7) is 2.58. The van der Waals surface area contributed by atoms with Gasteiger partial charge >= 0.3 is 0 Å². The number of aromatic nitrogens is 1. The summed E-state index contributed by atoms with van der Waals surface area (Å²) in [6.07, 6.45) is 0. The van der Waals surface area contributed by atoms with Gasteiger partial charge in [-0.2, -0.15) is 0 Å². The average Bonchev–Trinajstić information content (AvgIpc) is 3.31. The van der Waals surface area contributed by atoms with Crippen molar-refractivity contribution in [2.45, 2.75) is 20.1 Å². The number of para-hydroxylation sites is 1. The van der Waals surface area contributed by atoms with Crippen molar-refractivity contribution in [3.8, 4) is 22.1 Å². The second-order valence-corrected chi connectivity index (χ2v) is 9.80. The second-order valence-electron chi connectivity index (χ2n) is 8.36. The molecule has 0 radical (unpaired) electrons. The Labute approximate surface area is 218 Å². The van der Waals surface area contributed by atoms with Gasteiger partial charge in [-0.25, -0.2) is 9.37 Å². The summed E-state index contributed by atoms with van der Waals surface area (Å²) in [5.74, 6) is 0.719. The average molecular weight is 519 g/mol. The molecule has 0 atom stereocenters. The molecule has 7 heteroatoms. The summed E-state index contributed by atoms with van der Waals surface area (Å²) < 4.78 is 26.9. The Morgan fingerprint density at radius 1 is 1.00 bits per heavy atom. The minimum Gasteiger partial charge on any atom is -0.493 e. The van der Waals surface area contributed by atoms with Crippen LogP contribution in [0.1, 0.15) is 16.7 Å². The van der Waals surface area contributed by atoms with Gasteiger partial charge in [0.2, 0.25) is 0 Å². The van der Waals surface area contributed by atoms with Gasteiger partial charge in [-0.15, -0.1) is 11.3 Å². The molecule has 0 amide bonds. The molecular weight excluding hydrogens is 495 g/mol. The number of methoxy groups -OCH3 is 1. The summed E-state index contributed by atoms with van der Waals surface area (Å²) in [7, 11) is 1.58. The molecule has 1 heterocycles. The third-order valence-electron chi connectivity index (χ3n) is 5.86. The van der Waals surface area contributed by atoms with Crippen LogP contribution in [0, 0.1) is 12.7 Å². The smallest absolute Gasteiger partial charge is 0.166 e. The predicted molar refractivity (Wildman–Crippen MR) is 146 cm³/mol. The fourth-order valence-electron chi connectivity index (χ4n) is 3.92. The predicted octanol–water partition coefficient (Wildman–Crippen LogP) is 8.26. The number of hydrogen-bond donors (Lipinski definition) is 1. The molecule has 4 aromatic carbocycles. The number of nitrogens with one attached hydrogen (secondary N) is 1. The molecule has 0 unspecified atom stereocenters. The summed E-state index contributed by atoms with van der Waals surface area (Å²) in [6, 6.07) is 24.8. The number of rotatable bonds is 8. The Hall–Kier alpha value is -3.61. The van der Waals surface area contributed by atoms with Crippen LogP contribution in [0.25, 0.3) is 20.8 Å². The van der Waals surface area contributed by atoms with Gasteiger partial charge < -0.3 is 14.8 Å². The highest BCUT2D eigenvalue weighted by Crippen LogP contribution is 2.34. The molecule has 0 aliphatic heterocycles. The lowest BCUT2D eigenvalue weighted by atomic mass is 10.1. The van der Waals surface area contributed by atoms with Gasteiger partial charge in [-0.1, -0.05) is 35.9 Å². The molecular formula is C29H24ClFN2O2S. The van der Waals surface area contributed by atoms with E-state index >= 15 is 0 Å². The molecule has 0 fully saturated rings. The van der Waals surface area contributed by atoms with Crippen molar-refractivity contribution < 1.29 is 13.9 Å². The highest BCUT2D eigenvalue weighted by atomic mass is 35.5. The molecule has 5 aromatic rings. The van der Waals surface area contributed by atoms with E-state index < -0.39 is 5.82 Å². The normalized spacial score (nSPS) is 11.0. The minimum absolute atomic E-state index is 0.00469. The molecule has 0 aliphatic rings. The van der Waals surface area contributed by atoms with Crippen LogP contribution < -0.4 is 14.8 Å². The van der Waals surface area contributed by atoms with Crippen LogP contribution >= 0.6 is 22.9 Å². The van der Waals surface area contributed by atoms with Crippen molar-refractivity contribution in [2.75, 3.05) is 12.4 Å². The quantitative estimate of drug-likeness (QED) is 0.224. The lowest BCUT2D eigenvalue weighted by molar-refractivity contribution is 0.277. The van der Waals surface area contributed by atoms with Crippen LogP contribution in [0.2, 0.25) is 5.02 Å². The highest BCUT2D eigenvalue weighted by Gasteiger charge is 2.14. The van der Waals surface area contributed by atoms with Crippen LogP contribution in [0.3, 0.4) is 0 Å². The van der Waals surface area contributed by atoms with E-state index in [0.717, 1.165) is 27.3 Å². The number of hydrogen-bond acceptors (Lipinski definition) is 5. The number of aryl methyl sites for hydroxylation is 1. The molecule has 5 rings (SSSR count). The number of halogens is 2. The molecule has 4 nitrogen and oxygen atoms in total. The van der Waals surface area contributed by atoms with Gasteiger partial charge in [-0.05, 0) is 67.1 Å². The van der Waals surface area contributed by atoms with E-state index in [4.69, 9.17) is 26.1 Å². The maximum Gasteiger partial charge on any atom is 0.166 e. The van der Waals surface area contributed by atoms with Gasteiger partial charge in [0.15, 0.2) is 11.5 Å². The summed E-state index contributed by atoms with van der Waals surface area (Å²) in [5.41, 5.74) is 5.48. The number of benzene rings is 4. The van der Waals surface area contributed by atoms with E-state index in [1.165, 1.54) is 16.3 Å². The number of thiazole rings is 1. The van der Waals surface area contributed by atoms with Crippen molar-refractivity contribution in [2.24, 2.45) is 0 Å². The largest absolute Gasteiger partial charge is 0.493 e. The lowest BCUT2D eigenvalue weighted by Gasteiger charge is -2.17. The Balaban J connectivity index is 1.31. The molecule has 0 spiro atoms. The van der Waals surface area contributed by atoms with Crippen LogP contribution in [-0.4, -0.2) is 12.1 Å². The maximum absolute atomic E-state index is 14.2. The van der Waals surface area contributed by atoms with Gasteiger partial charge in [0.1, 0.15) is 17.4 Å². The van der Waals surface area contributed by atoms with Crippen LogP contribution in [0.4, 0.5) is 10.1 Å². The number of fused-ring (bicyclic) bond motifs is 1. The standard InChI is InChI=1S/C29H24ClFN2O2S/c1-18-9-14-25-27(15-18)36-29(33-25)19-10-12-21(13-11-19)32-16-20-5-3-8-26(34-2)28(20)35-17-22-23(30)6-4-7-24(22)31/h3-15,32H,16-17H2,1-2H3. The molecule has 1 N–H and O–H groups in total. The number of anilines is 1. The van der Waals surface area contributed by atoms with Crippen molar-refractivity contribution in [3.05, 3.63) is 106 Å². The Morgan fingerprint density at radius 3 is 2.58 bits per heavy atom. The van der Waals surface area contributed by atoms with E-state index in [2.05, 4.69) is 42.6 Å². The summed E-state index contributed by atoms with van der Waals surface area (Å²) in [5, 5.41) is 4.76. The molecule has 182 valence electrons. The first kappa shape index (κ1) is 24.1. The zero-order valence-corrected chi connectivity index (χ0v) is 21.4. The summed E-state index contributed by atoms with van der Waals surface area (Å²) >= 11 is 7.86. The van der Waals surface area contributed by atoms with E-state index in [1.807, 2.05) is 30.3 Å². The second kappa shape index (κ2) is 10.6. The van der Waals surface area contributed by atoms with Crippen molar-refractivity contribution in [1.82, 2.24) is 4.98 Å². The third kappa shape index (κ3) is 5.15. The van der Waals surface area contributed by atoms with Crippen molar-refractivity contribution in [1.29, 1.82) is 0 Å². The Morgan fingerprint density at radius 2 is 1.81 bits per heavy atom. The maximum atomic E-state index is 14.2. The van der Waals surface area contributed by atoms with Crippen LogP contribution in [0.15, 0.2) is 78.9 Å². The summed E-state index contributed by atoms with van der Waals surface area (Å²) in [4.78, 5) is 4.77. The number of nitrogens with zero attached hydrogens (tertiary/aromatic N) is 1. The third-order valence-corrected chi connectivity index (χ3v) is 7.28. The zero-order chi connectivity index (χ0) is 25.1. The van der Waals surface area contributed by atoms with Crippen LogP contribution in [-0.2, 0) is 13.2 Å². The highest BCUT2D eigenvalue weighted by molar-refractivity contribution is 7.21. The van der Waals surface area contributed by atoms with Crippen LogP contribution in [0.5, 0.6) is 11.5 Å². The Kier molecular flexibility index (Phi) is 7.07. The van der Waals surface area contributed by atoms with Gasteiger partial charge in [-0.3, -0.25) is 0 Å². The zero-order valence-electron chi connectivity index (χ0n) is 19.8. The SMILES string of the molecule is COc1cccc(CNc2ccc(-c3nc4ccc(C)cc4s3)cc2)c1OCc1c(F)cccc1Cl. The number of ether oxygens (including phenoxy) is 2. The molecule has 0 bridgehead atoms. The van der Waals surface area contributed by atoms with Gasteiger partial charge in [0, 0.05) is 28.9 Å². The molecule has 0 saturated carbocycles. The van der Waals surface area contributed by atoms with E-state index in [-0.39, 0.29) is 6.61 Å². The van der Waals surface area contributed by atoms with Crippen molar-refractivity contribution >= 4 is 38.8 Å². The van der Waals surface area contributed by atoms with E-state index in [0.29, 0.717) is 28.6 Å². The molecule has 0 saturated heterocycles. The topological polar surface area (TPSA) is 43.4 Å². The lowest BCUT2D eigenvalue weighted by Crippen LogP contribution is -2.06. The first-order valence-electron chi connectivity index (χ1n) is 11.4. The fourth-order valence-corrected chi connectivity index (χ4v) is 5.21. The molecule has 36 heavy (non-hydrogen) atoms. The first-order valence-corrected chi connectivity index (χ1v) is 12.6. The minimum atomic E-state index is -0.402. The van der Waals surface area contributed by atoms with Gasteiger partial charge in [0.25, 0.3) is 0 Å². The molecule has 0 aliphatic carbocycles. The van der Waals surface area contributed by atoms with Gasteiger partial charge in [0.05, 0.1) is 22.3 Å². The fraction of sp³-hybridized carbons (Fsp3) is 0.138. The van der Waals surface area contributed by atoms with E-state index in [9.17, 15) is 4.39 Å². The molecule has 1 aromatic heterocycles. The van der Waals surface area contributed by atoms with Crippen molar-refractivity contribution in [3.63, 3.8) is 0 Å². The monoisotopic (exact) mass is 518 g/mol.